The van der Waals surface area contributed by atoms with Crippen LogP contribution in [0.15, 0.2) is 36.5 Å². The summed E-state index contributed by atoms with van der Waals surface area (Å²) in [5, 5.41) is 1.07. The maximum absolute atomic E-state index is 11.7. The van der Waals surface area contributed by atoms with Crippen LogP contribution in [0.25, 0.3) is 10.9 Å². The first kappa shape index (κ1) is 11.7. The Morgan fingerprint density at radius 1 is 1.29 bits per heavy atom. The number of hydrogen-bond donors (Lipinski definition) is 0. The molecule has 0 fully saturated rings. The lowest BCUT2D eigenvalue weighted by molar-refractivity contribution is -0.121. The number of fused-ring (bicyclic) bond motifs is 1. The van der Waals surface area contributed by atoms with Crippen LogP contribution in [0.1, 0.15) is 18.5 Å². The molecule has 1 unspecified atom stereocenters. The molecule has 0 aliphatic carbocycles. The van der Waals surface area contributed by atoms with Gasteiger partial charge in [-0.2, -0.15) is 0 Å². The highest BCUT2D eigenvalue weighted by Crippen LogP contribution is 2.22. The first-order valence-electron chi connectivity index (χ1n) is 5.61. The fourth-order valence-electron chi connectivity index (χ4n) is 2.13. The Balaban J connectivity index is 2.51. The van der Waals surface area contributed by atoms with Crippen LogP contribution in [-0.2, 0) is 4.79 Å². The minimum atomic E-state index is -0.216. The zero-order valence-electron chi connectivity index (χ0n) is 10.3. The smallest absolute Gasteiger partial charge is 0.151 e. The average molecular weight is 228 g/mol. The summed E-state index contributed by atoms with van der Waals surface area (Å²) in [6.45, 7) is 1.61. The van der Waals surface area contributed by atoms with Crippen molar-refractivity contribution in [2.45, 2.75) is 13.0 Å². The summed E-state index contributed by atoms with van der Waals surface area (Å²) in [7, 11) is 3.81. The number of Topliss-reactive ketones (excluding diaryl/α,β-unsaturated/α-hetero) is 1. The van der Waals surface area contributed by atoms with Crippen LogP contribution < -0.4 is 0 Å². The van der Waals surface area contributed by atoms with Gasteiger partial charge in [-0.3, -0.25) is 14.7 Å². The first-order chi connectivity index (χ1) is 8.09. The molecule has 3 nitrogen and oxygen atoms in total. The number of hydrogen-bond acceptors (Lipinski definition) is 3. The molecular weight excluding hydrogens is 212 g/mol. The molecule has 0 spiro atoms. The zero-order chi connectivity index (χ0) is 12.4. The van der Waals surface area contributed by atoms with Crippen molar-refractivity contribution in [3.05, 3.63) is 42.1 Å². The number of likely N-dealkylation sites (N-methyl/N-ethyl adjacent to an activating group) is 1. The van der Waals surface area contributed by atoms with E-state index in [-0.39, 0.29) is 11.8 Å². The Hall–Kier alpha value is -1.74. The van der Waals surface area contributed by atoms with Crippen molar-refractivity contribution in [3.63, 3.8) is 0 Å². The number of rotatable bonds is 3. The summed E-state index contributed by atoms with van der Waals surface area (Å²) in [4.78, 5) is 18.0. The van der Waals surface area contributed by atoms with Crippen LogP contribution in [-0.4, -0.2) is 29.8 Å². The van der Waals surface area contributed by atoms with Crippen molar-refractivity contribution in [1.82, 2.24) is 9.88 Å². The van der Waals surface area contributed by atoms with Crippen molar-refractivity contribution >= 4 is 16.7 Å². The number of carbonyl (C=O) groups excluding carboxylic acids is 1. The van der Waals surface area contributed by atoms with E-state index in [9.17, 15) is 4.79 Å². The number of carbonyl (C=O) groups is 1. The number of nitrogens with zero attached hydrogens (tertiary/aromatic N) is 2. The molecule has 1 heterocycles. The van der Waals surface area contributed by atoms with Gasteiger partial charge in [-0.05, 0) is 38.7 Å². The zero-order valence-corrected chi connectivity index (χ0v) is 10.3. The first-order valence-corrected chi connectivity index (χ1v) is 5.61. The standard InChI is InChI=1S/C14H16N2O/c1-10(17)14(16(2)3)12-8-11-6-4-5-7-13(11)15-9-12/h4-9,14H,1-3H3. The third kappa shape index (κ3) is 2.34. The van der Waals surface area contributed by atoms with Crippen molar-refractivity contribution in [2.75, 3.05) is 14.1 Å². The maximum Gasteiger partial charge on any atom is 0.151 e. The van der Waals surface area contributed by atoms with Gasteiger partial charge in [0.15, 0.2) is 5.78 Å². The minimum Gasteiger partial charge on any atom is -0.298 e. The second-order valence-electron chi connectivity index (χ2n) is 4.44. The second-order valence-corrected chi connectivity index (χ2v) is 4.44. The highest BCUT2D eigenvalue weighted by atomic mass is 16.1. The van der Waals surface area contributed by atoms with Gasteiger partial charge in [-0.15, -0.1) is 0 Å². The van der Waals surface area contributed by atoms with E-state index in [0.717, 1.165) is 16.5 Å². The summed E-state index contributed by atoms with van der Waals surface area (Å²) in [6, 6.07) is 9.74. The van der Waals surface area contributed by atoms with Gasteiger partial charge in [0.05, 0.1) is 11.6 Å². The van der Waals surface area contributed by atoms with E-state index >= 15 is 0 Å². The molecule has 0 radical (unpaired) electrons. The molecule has 0 N–H and O–H groups in total. The lowest BCUT2D eigenvalue weighted by atomic mass is 10.0. The summed E-state index contributed by atoms with van der Waals surface area (Å²) in [5.74, 6) is 0.132. The largest absolute Gasteiger partial charge is 0.298 e. The molecule has 0 aliphatic heterocycles. The van der Waals surface area contributed by atoms with Crippen molar-refractivity contribution < 1.29 is 4.79 Å². The van der Waals surface area contributed by atoms with Gasteiger partial charge in [0.2, 0.25) is 0 Å². The molecule has 0 aliphatic rings. The van der Waals surface area contributed by atoms with Crippen molar-refractivity contribution in [1.29, 1.82) is 0 Å². The highest BCUT2D eigenvalue weighted by Gasteiger charge is 2.19. The molecule has 2 aromatic rings. The fraction of sp³-hybridized carbons (Fsp3) is 0.286. The van der Waals surface area contributed by atoms with E-state index < -0.39 is 0 Å². The number of aromatic nitrogens is 1. The van der Waals surface area contributed by atoms with Crippen LogP contribution in [0.2, 0.25) is 0 Å². The Kier molecular flexibility index (Phi) is 3.20. The molecule has 88 valence electrons. The topological polar surface area (TPSA) is 33.2 Å². The third-order valence-electron chi connectivity index (χ3n) is 2.83. The Morgan fingerprint density at radius 2 is 2.00 bits per heavy atom. The summed E-state index contributed by atoms with van der Waals surface area (Å²) >= 11 is 0. The SMILES string of the molecule is CC(=O)C(c1cnc2ccccc2c1)N(C)C. The number of benzene rings is 1. The van der Waals surface area contributed by atoms with Crippen LogP contribution in [0.3, 0.4) is 0 Å². The van der Waals surface area contributed by atoms with Crippen molar-refractivity contribution in [2.24, 2.45) is 0 Å². The molecule has 0 saturated heterocycles. The van der Waals surface area contributed by atoms with Gasteiger partial charge in [-0.25, -0.2) is 0 Å². The quantitative estimate of drug-likeness (QED) is 0.809. The molecule has 0 saturated carbocycles. The molecule has 2 rings (SSSR count). The average Bonchev–Trinajstić information content (AvgIpc) is 2.28. The third-order valence-corrected chi connectivity index (χ3v) is 2.83. The van der Waals surface area contributed by atoms with E-state index in [4.69, 9.17) is 0 Å². The number of ketones is 1. The van der Waals surface area contributed by atoms with E-state index in [1.807, 2.05) is 49.3 Å². The van der Waals surface area contributed by atoms with Gasteiger partial charge in [0.25, 0.3) is 0 Å². The molecule has 0 amide bonds. The Morgan fingerprint density at radius 3 is 2.65 bits per heavy atom. The van der Waals surface area contributed by atoms with Crippen LogP contribution in [0.4, 0.5) is 0 Å². The molecule has 17 heavy (non-hydrogen) atoms. The molecule has 0 bridgehead atoms. The van der Waals surface area contributed by atoms with E-state index in [1.165, 1.54) is 0 Å². The van der Waals surface area contributed by atoms with Gasteiger partial charge in [-0.1, -0.05) is 18.2 Å². The summed E-state index contributed by atoms with van der Waals surface area (Å²) < 4.78 is 0. The Bertz CT molecular complexity index is 549. The highest BCUT2D eigenvalue weighted by molar-refractivity contribution is 5.85. The van der Waals surface area contributed by atoms with Crippen molar-refractivity contribution in [3.8, 4) is 0 Å². The lowest BCUT2D eigenvalue weighted by Crippen LogP contribution is -2.26. The van der Waals surface area contributed by atoms with E-state index in [1.54, 1.807) is 13.1 Å². The summed E-state index contributed by atoms with van der Waals surface area (Å²) in [5.41, 5.74) is 1.90. The van der Waals surface area contributed by atoms with Gasteiger partial charge in [0.1, 0.15) is 0 Å². The van der Waals surface area contributed by atoms with Gasteiger partial charge < -0.3 is 0 Å². The fourth-order valence-corrected chi connectivity index (χ4v) is 2.13. The van der Waals surface area contributed by atoms with E-state index in [0.29, 0.717) is 0 Å². The van der Waals surface area contributed by atoms with Gasteiger partial charge >= 0.3 is 0 Å². The predicted octanol–water partition coefficient (Wildman–Crippen LogP) is 2.43. The molecular formula is C14H16N2O. The molecule has 1 atom stereocenters. The van der Waals surface area contributed by atoms with Crippen LogP contribution in [0, 0.1) is 0 Å². The normalized spacial score (nSPS) is 12.9. The summed E-state index contributed by atoms with van der Waals surface area (Å²) in [6.07, 6.45) is 1.79. The second kappa shape index (κ2) is 4.63. The van der Waals surface area contributed by atoms with E-state index in [2.05, 4.69) is 4.98 Å². The Labute approximate surface area is 101 Å². The molecule has 1 aromatic heterocycles. The minimum absolute atomic E-state index is 0.132. The van der Waals surface area contributed by atoms with Crippen LogP contribution in [0.5, 0.6) is 0 Å². The van der Waals surface area contributed by atoms with Gasteiger partial charge in [0, 0.05) is 11.6 Å². The van der Waals surface area contributed by atoms with Crippen LogP contribution >= 0.6 is 0 Å². The lowest BCUT2D eigenvalue weighted by Gasteiger charge is -2.21. The number of para-hydroxylation sites is 1. The molecule has 1 aromatic carbocycles. The number of pyridine rings is 1. The maximum atomic E-state index is 11.7. The molecule has 3 heteroatoms. The predicted molar refractivity (Wildman–Crippen MR) is 68.9 cm³/mol. The monoisotopic (exact) mass is 228 g/mol.